The van der Waals surface area contributed by atoms with Gasteiger partial charge in [-0.15, -0.1) is 0 Å². The number of hydrogen-bond donors (Lipinski definition) is 1. The number of methoxy groups -OCH3 is 1. The van der Waals surface area contributed by atoms with Gasteiger partial charge in [0.15, 0.2) is 0 Å². The van der Waals surface area contributed by atoms with Crippen LogP contribution in [0.3, 0.4) is 0 Å². The van der Waals surface area contributed by atoms with E-state index in [9.17, 15) is 0 Å². The lowest BCUT2D eigenvalue weighted by Crippen LogP contribution is -2.37. The van der Waals surface area contributed by atoms with Gasteiger partial charge in [-0.05, 0) is 38.6 Å². The second-order valence-electron chi connectivity index (χ2n) is 4.69. The number of ether oxygens (including phenoxy) is 2. The number of aliphatic hydroxyl groups excluding tert-OH is 1. The Hall–Kier alpha value is -0.160. The first-order valence-corrected chi connectivity index (χ1v) is 6.80. The fraction of sp³-hybridized carbons (Fsp3) is 1.00. The molecular formula is C13H27NO3. The highest BCUT2D eigenvalue weighted by Crippen LogP contribution is 2.14. The molecular weight excluding hydrogens is 218 g/mol. The highest BCUT2D eigenvalue weighted by molar-refractivity contribution is 4.72. The minimum absolute atomic E-state index is 0.329. The van der Waals surface area contributed by atoms with Gasteiger partial charge in [-0.25, -0.2) is 0 Å². The molecule has 4 nitrogen and oxygen atoms in total. The summed E-state index contributed by atoms with van der Waals surface area (Å²) in [6.07, 6.45) is 6.00. The molecule has 0 aromatic heterocycles. The molecule has 4 heteroatoms. The van der Waals surface area contributed by atoms with Gasteiger partial charge in [0, 0.05) is 26.8 Å². The van der Waals surface area contributed by atoms with Crippen LogP contribution in [0.4, 0.5) is 0 Å². The van der Waals surface area contributed by atoms with Gasteiger partial charge in [0.05, 0.1) is 19.3 Å². The summed E-state index contributed by atoms with van der Waals surface area (Å²) < 4.78 is 10.7. The van der Waals surface area contributed by atoms with E-state index in [1.165, 1.54) is 13.0 Å². The predicted molar refractivity (Wildman–Crippen MR) is 68.2 cm³/mol. The summed E-state index contributed by atoms with van der Waals surface area (Å²) in [7, 11) is 1.71. The summed E-state index contributed by atoms with van der Waals surface area (Å²) in [5, 5.41) is 8.70. The van der Waals surface area contributed by atoms with Crippen LogP contribution in [0.1, 0.15) is 32.1 Å². The summed E-state index contributed by atoms with van der Waals surface area (Å²) in [6.45, 7) is 5.22. The Bertz CT molecular complexity index is 170. The number of aliphatic hydroxyl groups is 1. The predicted octanol–water partition coefficient (Wildman–Crippen LogP) is 1.28. The van der Waals surface area contributed by atoms with E-state index >= 15 is 0 Å². The van der Waals surface area contributed by atoms with Crippen LogP contribution in [0.25, 0.3) is 0 Å². The number of piperidine rings is 1. The first-order valence-electron chi connectivity index (χ1n) is 6.80. The number of likely N-dealkylation sites (tertiary alicyclic amines) is 1. The van der Waals surface area contributed by atoms with Crippen molar-refractivity contribution in [3.8, 4) is 0 Å². The van der Waals surface area contributed by atoms with Gasteiger partial charge >= 0.3 is 0 Å². The topological polar surface area (TPSA) is 41.9 Å². The maximum Gasteiger partial charge on any atom is 0.0704 e. The third-order valence-corrected chi connectivity index (χ3v) is 3.31. The van der Waals surface area contributed by atoms with Crippen LogP contribution in [0, 0.1) is 0 Å². The average molecular weight is 245 g/mol. The normalized spacial score (nSPS) is 18.7. The molecule has 1 heterocycles. The van der Waals surface area contributed by atoms with E-state index in [0.717, 1.165) is 45.4 Å². The Morgan fingerprint density at radius 2 is 1.88 bits per heavy atom. The van der Waals surface area contributed by atoms with Crippen molar-refractivity contribution in [3.05, 3.63) is 0 Å². The van der Waals surface area contributed by atoms with Crippen molar-refractivity contribution in [2.24, 2.45) is 0 Å². The lowest BCUT2D eigenvalue weighted by Gasteiger charge is -2.31. The van der Waals surface area contributed by atoms with Gasteiger partial charge in [-0.2, -0.15) is 0 Å². The fourth-order valence-corrected chi connectivity index (χ4v) is 2.22. The second-order valence-corrected chi connectivity index (χ2v) is 4.69. The molecule has 0 saturated carbocycles. The summed E-state index contributed by atoms with van der Waals surface area (Å²) in [4.78, 5) is 2.51. The Morgan fingerprint density at radius 3 is 2.53 bits per heavy atom. The van der Waals surface area contributed by atoms with Crippen LogP contribution in [0.5, 0.6) is 0 Å². The highest BCUT2D eigenvalue weighted by Gasteiger charge is 2.18. The summed E-state index contributed by atoms with van der Waals surface area (Å²) in [5.74, 6) is 0. The van der Waals surface area contributed by atoms with Gasteiger partial charge in [-0.3, -0.25) is 0 Å². The van der Waals surface area contributed by atoms with Gasteiger partial charge in [0.2, 0.25) is 0 Å². The second kappa shape index (κ2) is 9.83. The zero-order chi connectivity index (χ0) is 12.3. The van der Waals surface area contributed by atoms with E-state index in [1.54, 1.807) is 7.11 Å². The van der Waals surface area contributed by atoms with E-state index in [2.05, 4.69) is 4.90 Å². The molecule has 1 aliphatic heterocycles. The molecule has 102 valence electrons. The van der Waals surface area contributed by atoms with Crippen molar-refractivity contribution in [1.82, 2.24) is 4.90 Å². The maximum atomic E-state index is 8.70. The lowest BCUT2D eigenvalue weighted by atomic mass is 10.1. The molecule has 17 heavy (non-hydrogen) atoms. The molecule has 1 saturated heterocycles. The van der Waals surface area contributed by atoms with Crippen molar-refractivity contribution in [2.75, 3.05) is 46.6 Å². The Labute approximate surface area is 105 Å². The lowest BCUT2D eigenvalue weighted by molar-refractivity contribution is -0.0148. The quantitative estimate of drug-likeness (QED) is 0.621. The smallest absolute Gasteiger partial charge is 0.0704 e. The summed E-state index contributed by atoms with van der Waals surface area (Å²) in [5.41, 5.74) is 0. The minimum atomic E-state index is 0.329. The van der Waals surface area contributed by atoms with Gasteiger partial charge in [-0.1, -0.05) is 0 Å². The van der Waals surface area contributed by atoms with Crippen molar-refractivity contribution in [1.29, 1.82) is 0 Å². The first kappa shape index (κ1) is 14.9. The van der Waals surface area contributed by atoms with E-state index in [-0.39, 0.29) is 0 Å². The minimum Gasteiger partial charge on any atom is -0.396 e. The zero-order valence-corrected chi connectivity index (χ0v) is 11.1. The standard InChI is InChI=1S/C13H27NO3/c1-16-11-12-17-13-5-8-14(9-6-13)7-3-2-4-10-15/h13,15H,2-12H2,1H3. The molecule has 0 aromatic rings. The van der Waals surface area contributed by atoms with Gasteiger partial charge in [0.1, 0.15) is 0 Å². The third-order valence-electron chi connectivity index (χ3n) is 3.31. The highest BCUT2D eigenvalue weighted by atomic mass is 16.5. The van der Waals surface area contributed by atoms with Crippen molar-refractivity contribution in [2.45, 2.75) is 38.2 Å². The summed E-state index contributed by atoms with van der Waals surface area (Å²) >= 11 is 0. The molecule has 0 bridgehead atoms. The zero-order valence-electron chi connectivity index (χ0n) is 11.1. The van der Waals surface area contributed by atoms with Crippen LogP contribution in [-0.2, 0) is 9.47 Å². The third kappa shape index (κ3) is 6.99. The Morgan fingerprint density at radius 1 is 1.12 bits per heavy atom. The average Bonchev–Trinajstić information content (AvgIpc) is 2.37. The van der Waals surface area contributed by atoms with Gasteiger partial charge < -0.3 is 19.5 Å². The van der Waals surface area contributed by atoms with Crippen LogP contribution in [-0.4, -0.2) is 62.7 Å². The van der Waals surface area contributed by atoms with Crippen molar-refractivity contribution >= 4 is 0 Å². The van der Waals surface area contributed by atoms with E-state index in [4.69, 9.17) is 14.6 Å². The van der Waals surface area contributed by atoms with E-state index in [0.29, 0.717) is 19.3 Å². The van der Waals surface area contributed by atoms with Crippen LogP contribution in [0.2, 0.25) is 0 Å². The molecule has 0 aromatic carbocycles. The number of nitrogens with zero attached hydrogens (tertiary/aromatic N) is 1. The molecule has 0 spiro atoms. The van der Waals surface area contributed by atoms with E-state index < -0.39 is 0 Å². The van der Waals surface area contributed by atoms with Gasteiger partial charge in [0.25, 0.3) is 0 Å². The summed E-state index contributed by atoms with van der Waals surface area (Å²) in [6, 6.07) is 0. The SMILES string of the molecule is COCCOC1CCN(CCCCCO)CC1. The molecule has 0 aliphatic carbocycles. The Balaban J connectivity index is 1.97. The molecule has 1 fully saturated rings. The number of unbranched alkanes of at least 4 members (excludes halogenated alkanes) is 2. The molecule has 0 radical (unpaired) electrons. The molecule has 1 aliphatic rings. The molecule has 1 rings (SSSR count). The molecule has 0 unspecified atom stereocenters. The van der Waals surface area contributed by atoms with E-state index in [1.807, 2.05) is 0 Å². The maximum absolute atomic E-state index is 8.70. The van der Waals surface area contributed by atoms with Crippen LogP contribution in [0.15, 0.2) is 0 Å². The number of rotatable bonds is 9. The molecule has 0 amide bonds. The Kier molecular flexibility index (Phi) is 8.61. The van der Waals surface area contributed by atoms with Crippen LogP contribution >= 0.6 is 0 Å². The largest absolute Gasteiger partial charge is 0.396 e. The monoisotopic (exact) mass is 245 g/mol. The van der Waals surface area contributed by atoms with Crippen LogP contribution < -0.4 is 0 Å². The first-order chi connectivity index (χ1) is 8.36. The number of hydrogen-bond acceptors (Lipinski definition) is 4. The molecule has 0 atom stereocenters. The fourth-order valence-electron chi connectivity index (χ4n) is 2.22. The van der Waals surface area contributed by atoms with Crippen molar-refractivity contribution < 1.29 is 14.6 Å². The molecule has 1 N–H and O–H groups in total. The van der Waals surface area contributed by atoms with Crippen molar-refractivity contribution in [3.63, 3.8) is 0 Å².